The first-order valence-electron chi connectivity index (χ1n) is 5.23. The number of nitrogen functional groups attached to an aromatic ring is 1. The number of hydrogen-bond acceptors (Lipinski definition) is 1. The minimum atomic E-state index is 0.848. The highest BCUT2D eigenvalue weighted by molar-refractivity contribution is 5.40. The molecule has 0 aliphatic rings. The summed E-state index contributed by atoms with van der Waals surface area (Å²) in [4.78, 5) is 0. The number of aryl methyl sites for hydroxylation is 2. The standard InChI is InChI=1S/C14H15N/c15-14-8-4-7-13(11-14)10-9-12-5-2-1-3-6-12/h1-8,11H,9-10,15H2. The second kappa shape index (κ2) is 4.65. The highest BCUT2D eigenvalue weighted by Crippen LogP contribution is 2.10. The van der Waals surface area contributed by atoms with E-state index in [4.69, 9.17) is 5.73 Å². The summed E-state index contributed by atoms with van der Waals surface area (Å²) in [5, 5.41) is 0. The third-order valence-electron chi connectivity index (χ3n) is 2.50. The molecule has 0 bridgehead atoms. The Balaban J connectivity index is 1.99. The average Bonchev–Trinajstić information content (AvgIpc) is 2.28. The van der Waals surface area contributed by atoms with Crippen molar-refractivity contribution in [3.05, 3.63) is 65.7 Å². The summed E-state index contributed by atoms with van der Waals surface area (Å²) in [5.74, 6) is 0. The second-order valence-corrected chi connectivity index (χ2v) is 3.73. The van der Waals surface area contributed by atoms with E-state index in [-0.39, 0.29) is 0 Å². The lowest BCUT2D eigenvalue weighted by molar-refractivity contribution is 0.961. The predicted octanol–water partition coefficient (Wildman–Crippen LogP) is 3.05. The summed E-state index contributed by atoms with van der Waals surface area (Å²) in [6, 6.07) is 18.6. The van der Waals surface area contributed by atoms with E-state index in [1.165, 1.54) is 11.1 Å². The summed E-state index contributed by atoms with van der Waals surface area (Å²) in [6.07, 6.45) is 2.12. The maximum Gasteiger partial charge on any atom is 0.0316 e. The highest BCUT2D eigenvalue weighted by atomic mass is 14.5. The van der Waals surface area contributed by atoms with E-state index < -0.39 is 0 Å². The smallest absolute Gasteiger partial charge is 0.0316 e. The Morgan fingerprint density at radius 2 is 1.40 bits per heavy atom. The van der Waals surface area contributed by atoms with Gasteiger partial charge in [0.2, 0.25) is 0 Å². The molecule has 0 saturated carbocycles. The minimum Gasteiger partial charge on any atom is -0.399 e. The van der Waals surface area contributed by atoms with Crippen LogP contribution in [0.25, 0.3) is 0 Å². The first kappa shape index (κ1) is 9.78. The fourth-order valence-electron chi connectivity index (χ4n) is 1.68. The zero-order chi connectivity index (χ0) is 10.5. The lowest BCUT2D eigenvalue weighted by Gasteiger charge is -2.02. The molecular formula is C14H15N. The van der Waals surface area contributed by atoms with Gasteiger partial charge in [0.05, 0.1) is 0 Å². The molecule has 2 rings (SSSR count). The van der Waals surface area contributed by atoms with Gasteiger partial charge in [-0.1, -0.05) is 42.5 Å². The fourth-order valence-corrected chi connectivity index (χ4v) is 1.68. The first-order chi connectivity index (χ1) is 7.34. The van der Waals surface area contributed by atoms with Crippen LogP contribution in [0.5, 0.6) is 0 Å². The summed E-state index contributed by atoms with van der Waals surface area (Å²) >= 11 is 0. The molecule has 0 unspecified atom stereocenters. The summed E-state index contributed by atoms with van der Waals surface area (Å²) in [7, 11) is 0. The van der Waals surface area contributed by atoms with Crippen molar-refractivity contribution in [1.82, 2.24) is 0 Å². The molecule has 0 amide bonds. The van der Waals surface area contributed by atoms with Crippen molar-refractivity contribution in [2.75, 3.05) is 5.73 Å². The van der Waals surface area contributed by atoms with E-state index in [9.17, 15) is 0 Å². The van der Waals surface area contributed by atoms with E-state index in [0.717, 1.165) is 18.5 Å². The van der Waals surface area contributed by atoms with E-state index in [1.807, 2.05) is 24.3 Å². The van der Waals surface area contributed by atoms with E-state index in [0.29, 0.717) is 0 Å². The Bertz CT molecular complexity index is 420. The number of benzene rings is 2. The molecule has 0 spiro atoms. The minimum absolute atomic E-state index is 0.848. The topological polar surface area (TPSA) is 26.0 Å². The van der Waals surface area contributed by atoms with Crippen molar-refractivity contribution in [3.63, 3.8) is 0 Å². The zero-order valence-corrected chi connectivity index (χ0v) is 8.69. The number of anilines is 1. The fraction of sp³-hybridized carbons (Fsp3) is 0.143. The van der Waals surface area contributed by atoms with Gasteiger partial charge in [-0.3, -0.25) is 0 Å². The summed E-state index contributed by atoms with van der Waals surface area (Å²) in [6.45, 7) is 0. The molecule has 0 aliphatic heterocycles. The molecule has 0 aromatic heterocycles. The molecular weight excluding hydrogens is 182 g/mol. The number of rotatable bonds is 3. The Labute approximate surface area is 90.6 Å². The van der Waals surface area contributed by atoms with Crippen LogP contribution >= 0.6 is 0 Å². The largest absolute Gasteiger partial charge is 0.399 e. The average molecular weight is 197 g/mol. The molecule has 0 saturated heterocycles. The third kappa shape index (κ3) is 2.84. The molecule has 1 nitrogen and oxygen atoms in total. The van der Waals surface area contributed by atoms with Gasteiger partial charge in [-0.15, -0.1) is 0 Å². The molecule has 0 atom stereocenters. The van der Waals surface area contributed by atoms with Gasteiger partial charge in [0.1, 0.15) is 0 Å². The quantitative estimate of drug-likeness (QED) is 0.752. The molecule has 0 radical (unpaired) electrons. The number of nitrogens with two attached hydrogens (primary N) is 1. The Morgan fingerprint density at radius 1 is 0.733 bits per heavy atom. The summed E-state index contributed by atoms with van der Waals surface area (Å²) < 4.78 is 0. The third-order valence-corrected chi connectivity index (χ3v) is 2.50. The van der Waals surface area contributed by atoms with E-state index >= 15 is 0 Å². The van der Waals surface area contributed by atoms with Gasteiger partial charge in [-0.2, -0.15) is 0 Å². The molecule has 0 fully saturated rings. The molecule has 0 aliphatic carbocycles. The van der Waals surface area contributed by atoms with Gasteiger partial charge in [-0.25, -0.2) is 0 Å². The van der Waals surface area contributed by atoms with Gasteiger partial charge in [0, 0.05) is 5.69 Å². The molecule has 15 heavy (non-hydrogen) atoms. The van der Waals surface area contributed by atoms with Gasteiger partial charge in [0.15, 0.2) is 0 Å². The second-order valence-electron chi connectivity index (χ2n) is 3.73. The molecule has 0 heterocycles. The van der Waals surface area contributed by atoms with Crippen molar-refractivity contribution in [1.29, 1.82) is 0 Å². The van der Waals surface area contributed by atoms with Crippen LogP contribution in [0.3, 0.4) is 0 Å². The van der Waals surface area contributed by atoms with Crippen LogP contribution in [0.15, 0.2) is 54.6 Å². The highest BCUT2D eigenvalue weighted by Gasteiger charge is 1.95. The SMILES string of the molecule is Nc1cccc(CCc2ccccc2)c1. The van der Waals surface area contributed by atoms with Crippen molar-refractivity contribution >= 4 is 5.69 Å². The van der Waals surface area contributed by atoms with Gasteiger partial charge >= 0.3 is 0 Å². The molecule has 1 heteroatoms. The van der Waals surface area contributed by atoms with Crippen molar-refractivity contribution in [2.45, 2.75) is 12.8 Å². The van der Waals surface area contributed by atoms with Crippen LogP contribution in [-0.4, -0.2) is 0 Å². The van der Waals surface area contributed by atoms with Gasteiger partial charge in [-0.05, 0) is 36.1 Å². The Morgan fingerprint density at radius 3 is 2.13 bits per heavy atom. The van der Waals surface area contributed by atoms with Crippen LogP contribution in [0.2, 0.25) is 0 Å². The lowest BCUT2D eigenvalue weighted by atomic mass is 10.0. The van der Waals surface area contributed by atoms with Gasteiger partial charge < -0.3 is 5.73 Å². The normalized spacial score (nSPS) is 10.1. The predicted molar refractivity (Wildman–Crippen MR) is 64.7 cm³/mol. The van der Waals surface area contributed by atoms with Crippen LogP contribution in [0.4, 0.5) is 5.69 Å². The van der Waals surface area contributed by atoms with Crippen LogP contribution < -0.4 is 5.73 Å². The van der Waals surface area contributed by atoms with E-state index in [1.54, 1.807) is 0 Å². The maximum absolute atomic E-state index is 5.73. The van der Waals surface area contributed by atoms with E-state index in [2.05, 4.69) is 30.3 Å². The maximum atomic E-state index is 5.73. The lowest BCUT2D eigenvalue weighted by Crippen LogP contribution is -1.92. The Hall–Kier alpha value is -1.76. The molecule has 2 aromatic rings. The number of hydrogen-bond donors (Lipinski definition) is 1. The van der Waals surface area contributed by atoms with Crippen LogP contribution in [0, 0.1) is 0 Å². The van der Waals surface area contributed by atoms with Crippen LogP contribution in [-0.2, 0) is 12.8 Å². The zero-order valence-electron chi connectivity index (χ0n) is 8.69. The molecule has 2 N–H and O–H groups in total. The molecule has 76 valence electrons. The summed E-state index contributed by atoms with van der Waals surface area (Å²) in [5.41, 5.74) is 9.25. The Kier molecular flexibility index (Phi) is 3.03. The molecule has 2 aromatic carbocycles. The van der Waals surface area contributed by atoms with Crippen molar-refractivity contribution < 1.29 is 0 Å². The first-order valence-corrected chi connectivity index (χ1v) is 5.23. The van der Waals surface area contributed by atoms with Gasteiger partial charge in [0.25, 0.3) is 0 Å². The van der Waals surface area contributed by atoms with Crippen LogP contribution in [0.1, 0.15) is 11.1 Å². The van der Waals surface area contributed by atoms with Crippen molar-refractivity contribution in [3.8, 4) is 0 Å². The van der Waals surface area contributed by atoms with Crippen molar-refractivity contribution in [2.24, 2.45) is 0 Å². The monoisotopic (exact) mass is 197 g/mol.